The molecule has 41 heavy (non-hydrogen) atoms. The number of nitrogens with one attached hydrogen (secondary N) is 2. The molecule has 0 radical (unpaired) electrons. The summed E-state index contributed by atoms with van der Waals surface area (Å²) in [5.74, 6) is -0.925. The number of alkyl halides is 3. The molecule has 0 saturated heterocycles. The zero-order chi connectivity index (χ0) is 30.3. The average molecular weight is 582 g/mol. The molecule has 4 N–H and O–H groups in total. The molecule has 4 amide bonds. The molecule has 0 spiro atoms. The number of nitrogens with zero attached hydrogens (tertiary/aromatic N) is 4. The second-order valence-corrected chi connectivity index (χ2v) is 11.1. The largest absolute Gasteiger partial charge is 0.409 e. The molecule has 3 rings (SSSR count). The monoisotopic (exact) mass is 581 g/mol. The average Bonchev–Trinajstić information content (AvgIpc) is 3.86. The van der Waals surface area contributed by atoms with E-state index >= 15 is 0 Å². The second kappa shape index (κ2) is 13.8. The highest BCUT2D eigenvalue weighted by Crippen LogP contribution is 2.50. The first kappa shape index (κ1) is 31.8. The van der Waals surface area contributed by atoms with Gasteiger partial charge in [-0.25, -0.2) is 0 Å². The summed E-state index contributed by atoms with van der Waals surface area (Å²) in [7, 11) is 0. The molecule has 2 aliphatic carbocycles. The van der Waals surface area contributed by atoms with Crippen molar-refractivity contribution in [1.29, 1.82) is 0 Å². The third-order valence-electron chi connectivity index (χ3n) is 7.38. The molecule has 0 aliphatic heterocycles. The minimum Gasteiger partial charge on any atom is -0.403 e. The summed E-state index contributed by atoms with van der Waals surface area (Å²) in [4.78, 5) is 52.7. The van der Waals surface area contributed by atoms with Gasteiger partial charge in [0.15, 0.2) is 0 Å². The molecule has 2 aliphatic rings. The number of halogens is 3. The van der Waals surface area contributed by atoms with Crippen molar-refractivity contribution in [3.05, 3.63) is 29.9 Å². The van der Waals surface area contributed by atoms with Gasteiger partial charge in [0, 0.05) is 31.2 Å². The predicted octanol–water partition coefficient (Wildman–Crippen LogP) is 2.56. The zero-order valence-electron chi connectivity index (χ0n) is 23.4. The van der Waals surface area contributed by atoms with Crippen LogP contribution in [0.3, 0.4) is 0 Å². The smallest absolute Gasteiger partial charge is 0.403 e. The van der Waals surface area contributed by atoms with Gasteiger partial charge in [-0.05, 0) is 75.7 Å². The molecule has 3 unspecified atom stereocenters. The summed E-state index contributed by atoms with van der Waals surface area (Å²) >= 11 is 0. The fourth-order valence-electron chi connectivity index (χ4n) is 5.07. The predicted molar refractivity (Wildman–Crippen MR) is 144 cm³/mol. The van der Waals surface area contributed by atoms with E-state index in [2.05, 4.69) is 20.7 Å². The Labute approximate surface area is 236 Å². The summed E-state index contributed by atoms with van der Waals surface area (Å²) < 4.78 is 41.6. The molecule has 1 aromatic heterocycles. The minimum absolute atomic E-state index is 0.0387. The number of carbonyl (C=O) groups excluding carboxylic acids is 4. The van der Waals surface area contributed by atoms with Crippen LogP contribution in [0.1, 0.15) is 69.4 Å². The Hall–Kier alpha value is -3.71. The lowest BCUT2D eigenvalue weighted by molar-refractivity contribution is -0.188. The van der Waals surface area contributed by atoms with E-state index in [0.29, 0.717) is 17.5 Å². The topological polar surface area (TPSA) is 152 Å². The van der Waals surface area contributed by atoms with E-state index in [1.165, 1.54) is 19.3 Å². The molecule has 1 heterocycles. The number of aliphatic imine (C=N–C) groups is 1. The number of nitrogens with two attached hydrogens (primary N) is 1. The molecule has 14 heteroatoms. The van der Waals surface area contributed by atoms with E-state index in [9.17, 15) is 32.3 Å². The normalized spacial score (nSPS) is 18.3. The Bertz CT molecular complexity index is 1120. The maximum absolute atomic E-state index is 13.5. The van der Waals surface area contributed by atoms with Gasteiger partial charge < -0.3 is 16.4 Å². The fourth-order valence-corrected chi connectivity index (χ4v) is 5.07. The van der Waals surface area contributed by atoms with Crippen LogP contribution in [0.2, 0.25) is 0 Å². The Balaban J connectivity index is 1.68. The number of amides is 4. The molecule has 2 saturated carbocycles. The van der Waals surface area contributed by atoms with Crippen molar-refractivity contribution in [2.24, 2.45) is 34.4 Å². The SMILES string of the molecule is CC(CN=C/C(=C\N)NC(=O)C(NC(=O)c1ccnn1C(C)C)C(C1CC1)C1CC1)CC(N(C=O)C=O)C(F)(F)F. The van der Waals surface area contributed by atoms with Gasteiger partial charge >= 0.3 is 6.18 Å². The molecule has 11 nitrogen and oxygen atoms in total. The first-order valence-electron chi connectivity index (χ1n) is 13.7. The minimum atomic E-state index is -4.79. The summed E-state index contributed by atoms with van der Waals surface area (Å²) in [5.41, 5.74) is 6.16. The standard InChI is InChI=1S/C27H38F3N7O4/c1-16(2)37-21(8-9-33-37)25(40)35-24(23(18-4-5-18)19-6-7-19)26(41)34-20(11-31)13-32-12-17(3)10-22(27(28,29)30)36(14-38)15-39/h8-9,11,13-19,22-24H,4-7,10,12,31H2,1-3H3,(H,34,41)(H,35,40)/b20-11+,32-13?. The number of allylic oxidation sites excluding steroid dienone is 1. The van der Waals surface area contributed by atoms with Gasteiger partial charge in [0.25, 0.3) is 5.91 Å². The van der Waals surface area contributed by atoms with Gasteiger partial charge in [-0.2, -0.15) is 18.3 Å². The quantitative estimate of drug-likeness (QED) is 0.202. The van der Waals surface area contributed by atoms with Gasteiger partial charge in [-0.15, -0.1) is 0 Å². The van der Waals surface area contributed by atoms with Gasteiger partial charge in [0.05, 0.1) is 5.70 Å². The third-order valence-corrected chi connectivity index (χ3v) is 7.38. The number of hydrogen-bond acceptors (Lipinski definition) is 7. The number of rotatable bonds is 16. The highest BCUT2D eigenvalue weighted by atomic mass is 19.4. The molecule has 226 valence electrons. The maximum Gasteiger partial charge on any atom is 0.409 e. The van der Waals surface area contributed by atoms with Gasteiger partial charge in [0.1, 0.15) is 17.8 Å². The van der Waals surface area contributed by atoms with Crippen LogP contribution in [0.25, 0.3) is 0 Å². The van der Waals surface area contributed by atoms with Crippen molar-refractivity contribution in [1.82, 2.24) is 25.3 Å². The van der Waals surface area contributed by atoms with Gasteiger partial charge in [0.2, 0.25) is 18.7 Å². The van der Waals surface area contributed by atoms with Crippen molar-refractivity contribution in [3.63, 3.8) is 0 Å². The molecular formula is C27H38F3N7O4. The van der Waals surface area contributed by atoms with E-state index in [-0.39, 0.29) is 41.9 Å². The highest BCUT2D eigenvalue weighted by molar-refractivity contribution is 5.98. The first-order valence-corrected chi connectivity index (χ1v) is 13.7. The zero-order valence-corrected chi connectivity index (χ0v) is 23.4. The van der Waals surface area contributed by atoms with Crippen LogP contribution in [0, 0.1) is 23.7 Å². The van der Waals surface area contributed by atoms with Crippen molar-refractivity contribution < 1.29 is 32.3 Å². The summed E-state index contributed by atoms with van der Waals surface area (Å²) in [6.45, 7) is 5.20. The van der Waals surface area contributed by atoms with Gasteiger partial charge in [-0.1, -0.05) is 6.92 Å². The van der Waals surface area contributed by atoms with Crippen LogP contribution in [0.15, 0.2) is 29.2 Å². The van der Waals surface area contributed by atoms with Crippen LogP contribution < -0.4 is 16.4 Å². The Morgan fingerprint density at radius 2 is 1.78 bits per heavy atom. The third kappa shape index (κ3) is 8.64. The van der Waals surface area contributed by atoms with Crippen LogP contribution >= 0.6 is 0 Å². The summed E-state index contributed by atoms with van der Waals surface area (Å²) in [6, 6.07) is -1.56. The van der Waals surface area contributed by atoms with Crippen molar-refractivity contribution >= 4 is 30.8 Å². The fraction of sp³-hybridized carbons (Fsp3) is 0.630. The lowest BCUT2D eigenvalue weighted by Crippen LogP contribution is -2.52. The van der Waals surface area contributed by atoms with E-state index in [4.69, 9.17) is 5.73 Å². The first-order chi connectivity index (χ1) is 19.4. The molecule has 2 fully saturated rings. The molecule has 0 aromatic carbocycles. The van der Waals surface area contributed by atoms with Crippen molar-refractivity contribution in [2.75, 3.05) is 6.54 Å². The number of imide groups is 1. The van der Waals surface area contributed by atoms with Crippen LogP contribution in [-0.4, -0.2) is 70.3 Å². The molecular weight excluding hydrogens is 543 g/mol. The Kier molecular flexibility index (Phi) is 10.7. The second-order valence-electron chi connectivity index (χ2n) is 11.1. The lowest BCUT2D eigenvalue weighted by Gasteiger charge is -2.28. The molecule has 1 aromatic rings. The van der Waals surface area contributed by atoms with E-state index < -0.39 is 42.4 Å². The Morgan fingerprint density at radius 1 is 1.17 bits per heavy atom. The van der Waals surface area contributed by atoms with E-state index in [1.807, 2.05) is 13.8 Å². The molecule has 3 atom stereocenters. The summed E-state index contributed by atoms with van der Waals surface area (Å²) in [6.07, 6.45) is 2.15. The number of aromatic nitrogens is 2. The summed E-state index contributed by atoms with van der Waals surface area (Å²) in [5, 5.41) is 9.83. The maximum atomic E-state index is 13.5. The Morgan fingerprint density at radius 3 is 2.27 bits per heavy atom. The number of hydrogen-bond donors (Lipinski definition) is 3. The van der Waals surface area contributed by atoms with Crippen LogP contribution in [-0.2, 0) is 14.4 Å². The van der Waals surface area contributed by atoms with Crippen molar-refractivity contribution in [2.45, 2.75) is 77.2 Å². The van der Waals surface area contributed by atoms with E-state index in [1.54, 1.807) is 10.7 Å². The van der Waals surface area contributed by atoms with Gasteiger partial charge in [-0.3, -0.25) is 33.8 Å². The lowest BCUT2D eigenvalue weighted by atomic mass is 9.88. The highest BCUT2D eigenvalue weighted by Gasteiger charge is 2.48. The van der Waals surface area contributed by atoms with E-state index in [0.717, 1.165) is 31.9 Å². The molecule has 0 bridgehead atoms. The van der Waals surface area contributed by atoms with Crippen molar-refractivity contribution in [3.8, 4) is 0 Å². The van der Waals surface area contributed by atoms with Crippen LogP contribution in [0.4, 0.5) is 13.2 Å². The van der Waals surface area contributed by atoms with Crippen LogP contribution in [0.5, 0.6) is 0 Å². The number of carbonyl (C=O) groups is 4.